The first-order valence-electron chi connectivity index (χ1n) is 7.81. The van der Waals surface area contributed by atoms with Crippen molar-refractivity contribution < 1.29 is 4.74 Å². The summed E-state index contributed by atoms with van der Waals surface area (Å²) in [5.41, 5.74) is 2.36. The van der Waals surface area contributed by atoms with E-state index in [0.29, 0.717) is 5.92 Å². The van der Waals surface area contributed by atoms with Crippen LogP contribution in [-0.2, 0) is 13.1 Å². The van der Waals surface area contributed by atoms with Crippen LogP contribution in [0.5, 0.6) is 5.75 Å². The summed E-state index contributed by atoms with van der Waals surface area (Å²) in [5, 5.41) is 4.22. The molecule has 0 atom stereocenters. The molecule has 0 heterocycles. The van der Waals surface area contributed by atoms with Crippen LogP contribution in [-0.4, -0.2) is 6.61 Å². The van der Waals surface area contributed by atoms with Gasteiger partial charge in [0.05, 0.1) is 6.61 Å². The smallest absolute Gasteiger partial charge is 0.119 e. The second kappa shape index (κ2) is 8.82. The summed E-state index contributed by atoms with van der Waals surface area (Å²) >= 11 is 6.14. The molecule has 0 radical (unpaired) electrons. The third-order valence-electron chi connectivity index (χ3n) is 3.49. The second-order valence-electron chi connectivity index (χ2n) is 5.87. The summed E-state index contributed by atoms with van der Waals surface area (Å²) in [4.78, 5) is 0. The summed E-state index contributed by atoms with van der Waals surface area (Å²) in [5.74, 6) is 1.61. The summed E-state index contributed by atoms with van der Waals surface area (Å²) in [6, 6.07) is 16.2. The molecular weight excluding hydrogens is 294 g/mol. The Kier molecular flexibility index (Phi) is 6.75. The van der Waals surface area contributed by atoms with Gasteiger partial charge in [0.25, 0.3) is 0 Å². The van der Waals surface area contributed by atoms with Gasteiger partial charge in [-0.15, -0.1) is 0 Å². The Morgan fingerprint density at radius 1 is 1.00 bits per heavy atom. The van der Waals surface area contributed by atoms with Crippen molar-refractivity contribution in [1.82, 2.24) is 5.32 Å². The molecule has 2 aromatic rings. The van der Waals surface area contributed by atoms with E-state index in [4.69, 9.17) is 16.3 Å². The minimum atomic E-state index is 0.674. The lowest BCUT2D eigenvalue weighted by Crippen LogP contribution is -2.12. The highest BCUT2D eigenvalue weighted by molar-refractivity contribution is 6.31. The fourth-order valence-corrected chi connectivity index (χ4v) is 2.30. The van der Waals surface area contributed by atoms with Crippen molar-refractivity contribution >= 4 is 11.6 Å². The zero-order valence-corrected chi connectivity index (χ0v) is 14.1. The molecular formula is C19H24ClNO. The van der Waals surface area contributed by atoms with Gasteiger partial charge in [-0.2, -0.15) is 0 Å². The molecule has 0 aliphatic heterocycles. The maximum Gasteiger partial charge on any atom is 0.119 e. The molecule has 0 bridgehead atoms. The Labute approximate surface area is 138 Å². The number of hydrogen-bond acceptors (Lipinski definition) is 2. The van der Waals surface area contributed by atoms with Crippen LogP contribution in [0.2, 0.25) is 5.02 Å². The SMILES string of the molecule is CC(C)CCOc1ccc(CNCc2ccccc2Cl)cc1. The lowest BCUT2D eigenvalue weighted by molar-refractivity contribution is 0.289. The van der Waals surface area contributed by atoms with Gasteiger partial charge in [-0.25, -0.2) is 0 Å². The van der Waals surface area contributed by atoms with Crippen molar-refractivity contribution in [3.63, 3.8) is 0 Å². The van der Waals surface area contributed by atoms with Gasteiger partial charge in [-0.3, -0.25) is 0 Å². The Morgan fingerprint density at radius 2 is 1.73 bits per heavy atom. The highest BCUT2D eigenvalue weighted by Crippen LogP contribution is 2.16. The van der Waals surface area contributed by atoms with Crippen LogP contribution in [0.1, 0.15) is 31.4 Å². The van der Waals surface area contributed by atoms with Crippen molar-refractivity contribution in [3.8, 4) is 5.75 Å². The van der Waals surface area contributed by atoms with Gasteiger partial charge < -0.3 is 10.1 Å². The first-order valence-corrected chi connectivity index (χ1v) is 8.19. The van der Waals surface area contributed by atoms with Crippen LogP contribution in [0.4, 0.5) is 0 Å². The quantitative estimate of drug-likeness (QED) is 0.735. The molecule has 2 aromatic carbocycles. The third kappa shape index (κ3) is 5.70. The minimum Gasteiger partial charge on any atom is -0.494 e. The van der Waals surface area contributed by atoms with Gasteiger partial charge in [0.2, 0.25) is 0 Å². The largest absolute Gasteiger partial charge is 0.494 e. The summed E-state index contributed by atoms with van der Waals surface area (Å²) in [6.07, 6.45) is 1.08. The van der Waals surface area contributed by atoms with E-state index in [2.05, 4.69) is 31.3 Å². The van der Waals surface area contributed by atoms with E-state index < -0.39 is 0 Å². The van der Waals surface area contributed by atoms with Gasteiger partial charge in [-0.05, 0) is 41.7 Å². The van der Waals surface area contributed by atoms with Crippen molar-refractivity contribution in [2.45, 2.75) is 33.4 Å². The average molecular weight is 318 g/mol. The van der Waals surface area contributed by atoms with Gasteiger partial charge >= 0.3 is 0 Å². The number of halogens is 1. The monoisotopic (exact) mass is 317 g/mol. The Hall–Kier alpha value is -1.51. The first kappa shape index (κ1) is 16.9. The molecule has 22 heavy (non-hydrogen) atoms. The molecule has 2 rings (SSSR count). The normalized spacial score (nSPS) is 10.9. The lowest BCUT2D eigenvalue weighted by Gasteiger charge is -2.10. The van der Waals surface area contributed by atoms with E-state index in [1.165, 1.54) is 5.56 Å². The second-order valence-corrected chi connectivity index (χ2v) is 6.28. The van der Waals surface area contributed by atoms with Crippen LogP contribution < -0.4 is 10.1 Å². The molecule has 0 saturated heterocycles. The van der Waals surface area contributed by atoms with E-state index in [9.17, 15) is 0 Å². The number of nitrogens with one attached hydrogen (secondary N) is 1. The van der Waals surface area contributed by atoms with Gasteiger partial charge in [0, 0.05) is 18.1 Å². The van der Waals surface area contributed by atoms with Crippen LogP contribution in [0, 0.1) is 5.92 Å². The van der Waals surface area contributed by atoms with Crippen LogP contribution >= 0.6 is 11.6 Å². The van der Waals surface area contributed by atoms with Crippen molar-refractivity contribution in [1.29, 1.82) is 0 Å². The highest BCUT2D eigenvalue weighted by Gasteiger charge is 2.00. The number of hydrogen-bond donors (Lipinski definition) is 1. The first-order chi connectivity index (χ1) is 10.6. The van der Waals surface area contributed by atoms with Crippen molar-refractivity contribution in [2.75, 3.05) is 6.61 Å². The zero-order valence-electron chi connectivity index (χ0n) is 13.3. The minimum absolute atomic E-state index is 0.674. The standard InChI is InChI=1S/C19H24ClNO/c1-15(2)11-12-22-18-9-7-16(8-10-18)13-21-14-17-5-3-4-6-19(17)20/h3-10,15,21H,11-14H2,1-2H3. The van der Waals surface area contributed by atoms with Gasteiger partial charge in [0.15, 0.2) is 0 Å². The summed E-state index contributed by atoms with van der Waals surface area (Å²) < 4.78 is 5.72. The van der Waals surface area contributed by atoms with E-state index in [1.54, 1.807) is 0 Å². The maximum atomic E-state index is 6.14. The van der Waals surface area contributed by atoms with Crippen molar-refractivity contribution in [3.05, 3.63) is 64.7 Å². The molecule has 0 saturated carbocycles. The van der Waals surface area contributed by atoms with Gasteiger partial charge in [0.1, 0.15) is 5.75 Å². The predicted octanol–water partition coefficient (Wildman–Crippen LogP) is 5.05. The average Bonchev–Trinajstić information content (AvgIpc) is 2.50. The number of benzene rings is 2. The summed E-state index contributed by atoms with van der Waals surface area (Å²) in [7, 11) is 0. The Bertz CT molecular complexity index is 566. The number of ether oxygens (including phenoxy) is 1. The Balaban J connectivity index is 1.75. The van der Waals surface area contributed by atoms with Crippen molar-refractivity contribution in [2.24, 2.45) is 5.92 Å². The molecule has 0 amide bonds. The molecule has 118 valence electrons. The zero-order chi connectivity index (χ0) is 15.8. The van der Waals surface area contributed by atoms with E-state index in [-0.39, 0.29) is 0 Å². The molecule has 0 fully saturated rings. The van der Waals surface area contributed by atoms with Crippen LogP contribution in [0.15, 0.2) is 48.5 Å². The molecule has 0 aliphatic carbocycles. The summed E-state index contributed by atoms with van der Waals surface area (Å²) in [6.45, 7) is 6.78. The topological polar surface area (TPSA) is 21.3 Å². The molecule has 1 N–H and O–H groups in total. The molecule has 0 spiro atoms. The van der Waals surface area contributed by atoms with E-state index >= 15 is 0 Å². The predicted molar refractivity (Wildman–Crippen MR) is 93.4 cm³/mol. The molecule has 2 nitrogen and oxygen atoms in total. The molecule has 0 aliphatic rings. The fraction of sp³-hybridized carbons (Fsp3) is 0.368. The number of rotatable bonds is 8. The van der Waals surface area contributed by atoms with Gasteiger partial charge in [-0.1, -0.05) is 55.8 Å². The van der Waals surface area contributed by atoms with Crippen LogP contribution in [0.3, 0.4) is 0 Å². The van der Waals surface area contributed by atoms with Crippen LogP contribution in [0.25, 0.3) is 0 Å². The molecule has 0 unspecified atom stereocenters. The van der Waals surface area contributed by atoms with E-state index in [0.717, 1.165) is 42.5 Å². The Morgan fingerprint density at radius 3 is 2.41 bits per heavy atom. The van der Waals surface area contributed by atoms with E-state index in [1.807, 2.05) is 36.4 Å². The molecule has 3 heteroatoms. The highest BCUT2D eigenvalue weighted by atomic mass is 35.5. The molecule has 0 aromatic heterocycles. The maximum absolute atomic E-state index is 6.14. The lowest BCUT2D eigenvalue weighted by atomic mass is 10.1. The third-order valence-corrected chi connectivity index (χ3v) is 3.86. The fourth-order valence-electron chi connectivity index (χ4n) is 2.10.